The van der Waals surface area contributed by atoms with Crippen LogP contribution in [0.1, 0.15) is 37.2 Å². The summed E-state index contributed by atoms with van der Waals surface area (Å²) in [5.74, 6) is 1.05. The van der Waals surface area contributed by atoms with E-state index in [4.69, 9.17) is 4.74 Å². The lowest BCUT2D eigenvalue weighted by Gasteiger charge is -2.17. The average Bonchev–Trinajstić information content (AvgIpc) is 3.15. The van der Waals surface area contributed by atoms with Crippen LogP contribution in [0, 0.1) is 5.92 Å². The van der Waals surface area contributed by atoms with Crippen LogP contribution in [0.4, 0.5) is 0 Å². The van der Waals surface area contributed by atoms with Crippen LogP contribution < -0.4 is 10.1 Å². The highest BCUT2D eigenvalue weighted by atomic mass is 16.5. The van der Waals surface area contributed by atoms with E-state index in [0.29, 0.717) is 24.7 Å². The number of aryl methyl sites for hydroxylation is 1. The second kappa shape index (κ2) is 7.40. The van der Waals surface area contributed by atoms with Crippen LogP contribution in [-0.2, 0) is 11.8 Å². The zero-order chi connectivity index (χ0) is 18.8. The molecule has 2 atom stereocenters. The largest absolute Gasteiger partial charge is 0.497 e. The van der Waals surface area contributed by atoms with Gasteiger partial charge < -0.3 is 19.5 Å². The lowest BCUT2D eigenvalue weighted by Crippen LogP contribution is -2.40. The van der Waals surface area contributed by atoms with E-state index in [1.54, 1.807) is 7.11 Å². The topological polar surface area (TPSA) is 63.6 Å². The summed E-state index contributed by atoms with van der Waals surface area (Å²) in [6, 6.07) is 7.76. The fraction of sp³-hybridized carbons (Fsp3) is 0.500. The lowest BCUT2D eigenvalue weighted by molar-refractivity contribution is -0.119. The summed E-state index contributed by atoms with van der Waals surface area (Å²) in [4.78, 5) is 26.5. The lowest BCUT2D eigenvalue weighted by atomic mass is 9.98. The second-order valence-corrected chi connectivity index (χ2v) is 7.08. The minimum atomic E-state index is -0.0397. The number of nitrogens with one attached hydrogen (secondary N) is 1. The highest BCUT2D eigenvalue weighted by molar-refractivity contribution is 5.99. The van der Waals surface area contributed by atoms with Crippen molar-refractivity contribution in [1.29, 1.82) is 0 Å². The molecule has 1 fully saturated rings. The summed E-state index contributed by atoms with van der Waals surface area (Å²) in [7, 11) is 3.55. The fourth-order valence-corrected chi connectivity index (χ4v) is 3.95. The van der Waals surface area contributed by atoms with Crippen molar-refractivity contribution in [3.63, 3.8) is 0 Å². The standard InChI is InChI=1S/C20H27N3O3/c1-5-6-14-11-23(12-17(14)21-13(2)24)20(25)19-10-15-9-16(26-4)7-8-18(15)22(19)3/h7-10,14,17H,5-6,11-12H2,1-4H3,(H,21,24)/t14-,17-/m1/s1. The number of hydrogen-bond donors (Lipinski definition) is 1. The van der Waals surface area contributed by atoms with Crippen LogP contribution in [0.25, 0.3) is 10.9 Å². The molecule has 0 unspecified atom stereocenters. The molecule has 140 valence electrons. The Bertz CT molecular complexity index is 827. The van der Waals surface area contributed by atoms with Gasteiger partial charge in [0, 0.05) is 38.0 Å². The van der Waals surface area contributed by atoms with Crippen LogP contribution >= 0.6 is 0 Å². The summed E-state index contributed by atoms with van der Waals surface area (Å²) in [6.07, 6.45) is 2.04. The quantitative estimate of drug-likeness (QED) is 0.894. The monoisotopic (exact) mass is 357 g/mol. The van der Waals surface area contributed by atoms with Crippen molar-refractivity contribution in [2.45, 2.75) is 32.7 Å². The number of carbonyl (C=O) groups is 2. The van der Waals surface area contributed by atoms with Crippen molar-refractivity contribution in [2.75, 3.05) is 20.2 Å². The van der Waals surface area contributed by atoms with Crippen LogP contribution in [-0.4, -0.2) is 47.5 Å². The van der Waals surface area contributed by atoms with Gasteiger partial charge in [0.2, 0.25) is 5.91 Å². The molecule has 0 radical (unpaired) electrons. The Balaban J connectivity index is 1.85. The van der Waals surface area contributed by atoms with Crippen molar-refractivity contribution >= 4 is 22.7 Å². The SMILES string of the molecule is CCC[C@@H]1CN(C(=O)c2cc3cc(OC)ccc3n2C)C[C@H]1NC(C)=O. The van der Waals surface area contributed by atoms with Gasteiger partial charge >= 0.3 is 0 Å². The normalized spacial score (nSPS) is 19.8. The number of methoxy groups -OCH3 is 1. The summed E-state index contributed by atoms with van der Waals surface area (Å²) < 4.78 is 7.21. The maximum absolute atomic E-state index is 13.1. The van der Waals surface area contributed by atoms with Gasteiger partial charge in [0.1, 0.15) is 11.4 Å². The number of ether oxygens (including phenoxy) is 1. The van der Waals surface area contributed by atoms with Gasteiger partial charge in [0.25, 0.3) is 5.91 Å². The first kappa shape index (κ1) is 18.3. The number of hydrogen-bond acceptors (Lipinski definition) is 3. The Morgan fingerprint density at radius 1 is 1.27 bits per heavy atom. The molecule has 2 amide bonds. The van der Waals surface area contributed by atoms with Crippen molar-refractivity contribution in [1.82, 2.24) is 14.8 Å². The van der Waals surface area contributed by atoms with Crippen LogP contribution in [0.5, 0.6) is 5.75 Å². The van der Waals surface area contributed by atoms with Crippen LogP contribution in [0.3, 0.4) is 0 Å². The minimum absolute atomic E-state index is 0.0108. The van der Waals surface area contributed by atoms with E-state index in [0.717, 1.165) is 29.5 Å². The average molecular weight is 357 g/mol. The second-order valence-electron chi connectivity index (χ2n) is 7.08. The Labute approximate surface area is 154 Å². The number of benzene rings is 1. The van der Waals surface area contributed by atoms with Gasteiger partial charge in [0.15, 0.2) is 0 Å². The molecule has 0 spiro atoms. The summed E-state index contributed by atoms with van der Waals surface area (Å²) in [5.41, 5.74) is 1.66. The number of nitrogens with zero attached hydrogens (tertiary/aromatic N) is 2. The molecule has 1 aromatic heterocycles. The molecule has 1 saturated heterocycles. The van der Waals surface area contributed by atoms with Gasteiger partial charge in [-0.25, -0.2) is 0 Å². The summed E-state index contributed by atoms with van der Waals surface area (Å²) >= 11 is 0. The first-order valence-electron chi connectivity index (χ1n) is 9.14. The van der Waals surface area contributed by atoms with Crippen molar-refractivity contribution in [3.05, 3.63) is 30.0 Å². The maximum atomic E-state index is 13.1. The van der Waals surface area contributed by atoms with E-state index in [-0.39, 0.29) is 17.9 Å². The molecule has 0 saturated carbocycles. The molecule has 3 rings (SSSR count). The Kier molecular flexibility index (Phi) is 5.20. The Morgan fingerprint density at radius 3 is 2.69 bits per heavy atom. The number of likely N-dealkylation sites (tertiary alicyclic amines) is 1. The van der Waals surface area contributed by atoms with Gasteiger partial charge in [0.05, 0.1) is 13.2 Å². The third kappa shape index (κ3) is 3.41. The predicted octanol–water partition coefficient (Wildman–Crippen LogP) is 2.56. The van der Waals surface area contributed by atoms with E-state index < -0.39 is 0 Å². The van der Waals surface area contributed by atoms with Gasteiger partial charge in [-0.2, -0.15) is 0 Å². The van der Waals surface area contributed by atoms with Crippen molar-refractivity contribution in [2.24, 2.45) is 13.0 Å². The summed E-state index contributed by atoms with van der Waals surface area (Å²) in [6.45, 7) is 4.91. The summed E-state index contributed by atoms with van der Waals surface area (Å²) in [5, 5.41) is 4.00. The van der Waals surface area contributed by atoms with E-state index in [1.165, 1.54) is 6.92 Å². The zero-order valence-electron chi connectivity index (χ0n) is 15.9. The molecule has 0 bridgehead atoms. The molecule has 2 heterocycles. The third-order valence-electron chi connectivity index (χ3n) is 5.25. The molecule has 0 aliphatic carbocycles. The Hall–Kier alpha value is -2.50. The zero-order valence-corrected chi connectivity index (χ0v) is 15.9. The number of carbonyl (C=O) groups excluding carboxylic acids is 2. The minimum Gasteiger partial charge on any atom is -0.497 e. The maximum Gasteiger partial charge on any atom is 0.270 e. The molecule has 6 heteroatoms. The van der Waals surface area contributed by atoms with Gasteiger partial charge in [-0.05, 0) is 36.6 Å². The number of amides is 2. The Morgan fingerprint density at radius 2 is 2.04 bits per heavy atom. The third-order valence-corrected chi connectivity index (χ3v) is 5.25. The highest BCUT2D eigenvalue weighted by Gasteiger charge is 2.36. The molecule has 26 heavy (non-hydrogen) atoms. The first-order chi connectivity index (χ1) is 12.4. The molecule has 1 aliphatic heterocycles. The molecule has 2 aromatic rings. The molecule has 6 nitrogen and oxygen atoms in total. The van der Waals surface area contributed by atoms with Gasteiger partial charge in [-0.1, -0.05) is 13.3 Å². The van der Waals surface area contributed by atoms with Gasteiger partial charge in [-0.3, -0.25) is 9.59 Å². The molecule has 1 N–H and O–H groups in total. The highest BCUT2D eigenvalue weighted by Crippen LogP contribution is 2.27. The molecular weight excluding hydrogens is 330 g/mol. The number of rotatable bonds is 5. The van der Waals surface area contributed by atoms with E-state index in [2.05, 4.69) is 12.2 Å². The van der Waals surface area contributed by atoms with Crippen LogP contribution in [0.2, 0.25) is 0 Å². The number of aromatic nitrogens is 1. The molecule has 1 aromatic carbocycles. The molecule has 1 aliphatic rings. The number of fused-ring (bicyclic) bond motifs is 1. The fourth-order valence-electron chi connectivity index (χ4n) is 3.95. The van der Waals surface area contributed by atoms with Gasteiger partial charge in [-0.15, -0.1) is 0 Å². The predicted molar refractivity (Wildman–Crippen MR) is 101 cm³/mol. The van der Waals surface area contributed by atoms with Crippen LogP contribution in [0.15, 0.2) is 24.3 Å². The van der Waals surface area contributed by atoms with E-state index in [1.807, 2.05) is 40.8 Å². The first-order valence-corrected chi connectivity index (χ1v) is 9.14. The van der Waals surface area contributed by atoms with E-state index >= 15 is 0 Å². The smallest absolute Gasteiger partial charge is 0.270 e. The van der Waals surface area contributed by atoms with Crippen molar-refractivity contribution < 1.29 is 14.3 Å². The van der Waals surface area contributed by atoms with Crippen molar-refractivity contribution in [3.8, 4) is 5.75 Å². The molecular formula is C20H27N3O3. The van der Waals surface area contributed by atoms with E-state index in [9.17, 15) is 9.59 Å².